The van der Waals surface area contributed by atoms with E-state index in [1.165, 1.54) is 0 Å². The third kappa shape index (κ3) is 3.70. The topological polar surface area (TPSA) is 85.9 Å². The van der Waals surface area contributed by atoms with Crippen molar-refractivity contribution in [1.82, 2.24) is 15.7 Å². The van der Waals surface area contributed by atoms with Crippen molar-refractivity contribution in [3.63, 3.8) is 0 Å². The number of aryl methyl sites for hydroxylation is 1. The molecule has 0 saturated carbocycles. The summed E-state index contributed by atoms with van der Waals surface area (Å²) >= 11 is 5.02. The Hall–Kier alpha value is -2.59. The van der Waals surface area contributed by atoms with E-state index in [0.29, 0.717) is 17.5 Å². The number of nitrogens with zero attached hydrogens (tertiary/aromatic N) is 2. The molecule has 3 N–H and O–H groups in total. The predicted molar refractivity (Wildman–Crippen MR) is 84.4 cm³/mol. The summed E-state index contributed by atoms with van der Waals surface area (Å²) in [6, 6.07) is 9.68. The summed E-state index contributed by atoms with van der Waals surface area (Å²) in [5.41, 5.74) is 7.59. The summed E-state index contributed by atoms with van der Waals surface area (Å²) in [5, 5.41) is 12.4. The van der Waals surface area contributed by atoms with Gasteiger partial charge in [-0.3, -0.25) is 10.9 Å². The molecule has 0 spiro atoms. The monoisotopic (exact) mass is 301 g/mol. The van der Waals surface area contributed by atoms with Crippen LogP contribution >= 0.6 is 12.2 Å². The van der Waals surface area contributed by atoms with Crippen molar-refractivity contribution < 1.29 is 4.42 Å². The zero-order valence-electron chi connectivity index (χ0n) is 11.7. The quantitative estimate of drug-likeness (QED) is 0.590. The number of nitrogens with one attached hydrogen (secondary N) is 3. The Morgan fingerprint density at radius 3 is 2.71 bits per heavy atom. The van der Waals surface area contributed by atoms with E-state index in [2.05, 4.69) is 21.2 Å². The number of rotatable bonds is 4. The van der Waals surface area contributed by atoms with Gasteiger partial charge in [0, 0.05) is 12.1 Å². The van der Waals surface area contributed by atoms with Gasteiger partial charge in [0.15, 0.2) is 5.11 Å². The molecule has 6 nitrogen and oxygen atoms in total. The Kier molecular flexibility index (Phi) is 4.74. The van der Waals surface area contributed by atoms with Crippen LogP contribution in [0.2, 0.25) is 0 Å². The van der Waals surface area contributed by atoms with Crippen LogP contribution in [0.25, 0.3) is 11.5 Å². The highest BCUT2D eigenvalue weighted by atomic mass is 32.1. The molecule has 1 aromatic carbocycles. The van der Waals surface area contributed by atoms with E-state index < -0.39 is 0 Å². The Balaban J connectivity index is 2.18. The molecule has 1 heterocycles. The van der Waals surface area contributed by atoms with Gasteiger partial charge in [-0.2, -0.15) is 10.2 Å². The summed E-state index contributed by atoms with van der Waals surface area (Å²) in [6.07, 6.45) is 0. The van der Waals surface area contributed by atoms with Gasteiger partial charge in [0.2, 0.25) is 11.6 Å². The van der Waals surface area contributed by atoms with Crippen molar-refractivity contribution in [3.05, 3.63) is 35.5 Å². The van der Waals surface area contributed by atoms with Crippen LogP contribution in [-0.4, -0.2) is 16.6 Å². The third-order valence-corrected chi connectivity index (χ3v) is 2.90. The number of aromatic nitrogens is 1. The smallest absolute Gasteiger partial charge is 0.250 e. The van der Waals surface area contributed by atoms with Crippen LogP contribution in [0.4, 0.5) is 5.88 Å². The number of oxazole rings is 1. The minimum Gasteiger partial charge on any atom is -0.417 e. The number of thiocarbonyl (C=S) groups is 1. The van der Waals surface area contributed by atoms with E-state index in [1.54, 1.807) is 0 Å². The van der Waals surface area contributed by atoms with Gasteiger partial charge in [0.25, 0.3) is 5.88 Å². The second-order valence-corrected chi connectivity index (χ2v) is 4.69. The molecule has 7 heteroatoms. The molecule has 0 bridgehead atoms. The van der Waals surface area contributed by atoms with Gasteiger partial charge in [0.1, 0.15) is 6.07 Å². The third-order valence-electron chi connectivity index (χ3n) is 2.66. The molecule has 0 aliphatic heterocycles. The molecule has 108 valence electrons. The highest BCUT2D eigenvalue weighted by molar-refractivity contribution is 7.80. The molecule has 0 aliphatic carbocycles. The zero-order valence-corrected chi connectivity index (χ0v) is 12.5. The van der Waals surface area contributed by atoms with E-state index in [9.17, 15) is 0 Å². The molecule has 2 aromatic rings. The van der Waals surface area contributed by atoms with Crippen LogP contribution in [0.15, 0.2) is 28.7 Å². The number of hydrazine groups is 1. The first-order chi connectivity index (χ1) is 10.1. The minimum atomic E-state index is 0.164. The second-order valence-electron chi connectivity index (χ2n) is 4.28. The number of hydrogen-bond donors (Lipinski definition) is 3. The molecule has 0 saturated heterocycles. The van der Waals surface area contributed by atoms with Gasteiger partial charge in [-0.15, -0.1) is 0 Å². The minimum absolute atomic E-state index is 0.164. The van der Waals surface area contributed by atoms with Crippen molar-refractivity contribution in [2.24, 2.45) is 0 Å². The Morgan fingerprint density at radius 2 is 2.10 bits per heavy atom. The van der Waals surface area contributed by atoms with Gasteiger partial charge >= 0.3 is 0 Å². The molecule has 0 fully saturated rings. The molecule has 0 amide bonds. The summed E-state index contributed by atoms with van der Waals surface area (Å²) in [6.45, 7) is 4.63. The lowest BCUT2D eigenvalue weighted by Crippen LogP contribution is -2.38. The summed E-state index contributed by atoms with van der Waals surface area (Å²) in [7, 11) is 0. The molecule has 2 rings (SSSR count). The van der Waals surface area contributed by atoms with E-state index >= 15 is 0 Å². The highest BCUT2D eigenvalue weighted by Crippen LogP contribution is 2.24. The van der Waals surface area contributed by atoms with E-state index in [4.69, 9.17) is 21.9 Å². The average molecular weight is 301 g/mol. The van der Waals surface area contributed by atoms with Crippen LogP contribution in [-0.2, 0) is 0 Å². The molecule has 21 heavy (non-hydrogen) atoms. The van der Waals surface area contributed by atoms with Gasteiger partial charge in [-0.25, -0.2) is 0 Å². The van der Waals surface area contributed by atoms with Crippen molar-refractivity contribution in [2.45, 2.75) is 13.8 Å². The number of anilines is 1. The molecule has 0 aliphatic rings. The Bertz CT molecular complexity index is 672. The maximum Gasteiger partial charge on any atom is 0.250 e. The highest BCUT2D eigenvalue weighted by Gasteiger charge is 2.14. The summed E-state index contributed by atoms with van der Waals surface area (Å²) in [4.78, 5) is 4.16. The number of benzene rings is 1. The number of nitriles is 1. The lowest BCUT2D eigenvalue weighted by Gasteiger charge is -2.08. The normalized spacial score (nSPS) is 9.76. The molecule has 0 radical (unpaired) electrons. The van der Waals surface area contributed by atoms with E-state index in [0.717, 1.165) is 11.1 Å². The van der Waals surface area contributed by atoms with E-state index in [1.807, 2.05) is 44.2 Å². The Morgan fingerprint density at radius 1 is 1.38 bits per heavy atom. The first-order valence-electron chi connectivity index (χ1n) is 6.42. The predicted octanol–water partition coefficient (Wildman–Crippen LogP) is 2.33. The zero-order chi connectivity index (χ0) is 15.2. The fourth-order valence-corrected chi connectivity index (χ4v) is 1.81. The molecule has 0 atom stereocenters. The summed E-state index contributed by atoms with van der Waals surface area (Å²) in [5.74, 6) is 0.610. The molecule has 0 unspecified atom stereocenters. The van der Waals surface area contributed by atoms with Crippen LogP contribution in [0.3, 0.4) is 0 Å². The molecular weight excluding hydrogens is 286 g/mol. The Labute approximate surface area is 128 Å². The summed E-state index contributed by atoms with van der Waals surface area (Å²) < 4.78 is 5.57. The van der Waals surface area contributed by atoms with Crippen LogP contribution in [0, 0.1) is 18.3 Å². The lowest BCUT2D eigenvalue weighted by molar-refractivity contribution is 0.582. The first kappa shape index (κ1) is 14.8. The van der Waals surface area contributed by atoms with Crippen LogP contribution < -0.4 is 16.2 Å². The van der Waals surface area contributed by atoms with Gasteiger partial charge in [-0.05, 0) is 38.2 Å². The van der Waals surface area contributed by atoms with Crippen LogP contribution in [0.5, 0.6) is 0 Å². The van der Waals surface area contributed by atoms with Gasteiger partial charge in [0.05, 0.1) is 0 Å². The van der Waals surface area contributed by atoms with Crippen molar-refractivity contribution in [1.29, 1.82) is 5.26 Å². The first-order valence-corrected chi connectivity index (χ1v) is 6.82. The largest absolute Gasteiger partial charge is 0.417 e. The van der Waals surface area contributed by atoms with Crippen molar-refractivity contribution in [2.75, 3.05) is 12.0 Å². The average Bonchev–Trinajstić information content (AvgIpc) is 2.89. The SMILES string of the molecule is CCNC(=S)NNc1oc(-c2ccc(C)cc2)nc1C#N. The fraction of sp³-hybridized carbons (Fsp3) is 0.214. The van der Waals surface area contributed by atoms with E-state index in [-0.39, 0.29) is 11.6 Å². The molecule has 1 aromatic heterocycles. The van der Waals surface area contributed by atoms with Gasteiger partial charge < -0.3 is 9.73 Å². The molecular formula is C14H15N5OS. The fourth-order valence-electron chi connectivity index (χ4n) is 1.62. The van der Waals surface area contributed by atoms with Crippen molar-refractivity contribution in [3.8, 4) is 17.5 Å². The maximum absolute atomic E-state index is 9.10. The standard InChI is InChI=1S/C14H15N5OS/c1-3-16-14(21)19-18-13-11(8-15)17-12(20-13)10-6-4-9(2)5-7-10/h4-7,18H,3H2,1-2H3,(H2,16,19,21). The van der Waals surface area contributed by atoms with Crippen molar-refractivity contribution >= 4 is 23.2 Å². The lowest BCUT2D eigenvalue weighted by atomic mass is 10.1. The van der Waals surface area contributed by atoms with Gasteiger partial charge in [-0.1, -0.05) is 17.7 Å². The number of hydrogen-bond acceptors (Lipinski definition) is 5. The maximum atomic E-state index is 9.10. The second kappa shape index (κ2) is 6.72. The van der Waals surface area contributed by atoms with Crippen LogP contribution in [0.1, 0.15) is 18.2 Å².